The molecule has 3 nitrogen and oxygen atoms in total. The molecule has 0 saturated carbocycles. The van der Waals surface area contributed by atoms with Crippen LogP contribution in [0.5, 0.6) is 0 Å². The van der Waals surface area contributed by atoms with Crippen molar-refractivity contribution in [3.63, 3.8) is 0 Å². The molecule has 0 heterocycles. The maximum Gasteiger partial charge on any atom is 0.0805 e. The fourth-order valence-corrected chi connectivity index (χ4v) is 1.04. The molecular weight excluding hydrogens is 188 g/mol. The number of hydrogen-bond donors (Lipinski definition) is 1. The lowest BCUT2D eigenvalue weighted by Gasteiger charge is -1.95. The van der Waals surface area contributed by atoms with Crippen LogP contribution in [0.15, 0.2) is 46.2 Å². The molecule has 0 bridgehead atoms. The van der Waals surface area contributed by atoms with Crippen molar-refractivity contribution in [1.82, 2.24) is 0 Å². The van der Waals surface area contributed by atoms with E-state index in [2.05, 4.69) is 20.8 Å². The van der Waals surface area contributed by atoms with Gasteiger partial charge in [-0.15, -0.1) is 15.8 Å². The van der Waals surface area contributed by atoms with Crippen LogP contribution in [-0.4, -0.2) is 5.26 Å². The van der Waals surface area contributed by atoms with Gasteiger partial charge in [0.1, 0.15) is 0 Å². The van der Waals surface area contributed by atoms with Crippen molar-refractivity contribution in [3.05, 3.63) is 46.2 Å². The first-order valence-electron chi connectivity index (χ1n) is 3.54. The highest BCUT2D eigenvalue weighted by atomic mass is 32.2. The van der Waals surface area contributed by atoms with Crippen LogP contribution in [0.2, 0.25) is 0 Å². The second-order valence-electron chi connectivity index (χ2n) is 2.23. The molecule has 68 valence electrons. The minimum Gasteiger partial charge on any atom is -0.220 e. The summed E-state index contributed by atoms with van der Waals surface area (Å²) in [4.78, 5) is 0.700. The fourth-order valence-electron chi connectivity index (χ4n) is 0.698. The van der Waals surface area contributed by atoms with Crippen molar-refractivity contribution in [3.8, 4) is 0 Å². The molecule has 0 saturated heterocycles. The van der Waals surface area contributed by atoms with Crippen LogP contribution in [-0.2, 0) is 9.37 Å². The van der Waals surface area contributed by atoms with E-state index in [0.29, 0.717) is 4.91 Å². The first-order valence-corrected chi connectivity index (χ1v) is 4.28. The number of allylic oxidation sites excluding steroid dienone is 3. The number of hydrogen-bond acceptors (Lipinski definition) is 4. The summed E-state index contributed by atoms with van der Waals surface area (Å²) in [6.45, 7) is 1.93. The zero-order chi connectivity index (χ0) is 9.52. The minimum absolute atomic E-state index is 0.700. The van der Waals surface area contributed by atoms with E-state index in [0.717, 1.165) is 17.6 Å². The van der Waals surface area contributed by atoms with Gasteiger partial charge in [0.25, 0.3) is 0 Å². The Balaban J connectivity index is 2.73. The molecule has 0 unspecified atom stereocenters. The zero-order valence-corrected chi connectivity index (χ0v) is 7.80. The van der Waals surface area contributed by atoms with Crippen LogP contribution < -0.4 is 0 Å². The van der Waals surface area contributed by atoms with E-state index in [1.54, 1.807) is 18.2 Å². The Morgan fingerprint density at radius 2 is 2.08 bits per heavy atom. The van der Waals surface area contributed by atoms with Gasteiger partial charge in [-0.3, -0.25) is 0 Å². The van der Waals surface area contributed by atoms with Crippen LogP contribution in [0.1, 0.15) is 6.92 Å². The minimum atomic E-state index is 0.700. The van der Waals surface area contributed by atoms with Crippen molar-refractivity contribution < 1.29 is 14.6 Å². The van der Waals surface area contributed by atoms with E-state index in [4.69, 9.17) is 5.26 Å². The predicted molar refractivity (Wildman–Crippen MR) is 50.4 cm³/mol. The monoisotopic (exact) mass is 196 g/mol. The molecule has 0 aromatic rings. The standard InChI is InChI=1S/C9H8O3S/c1-8-4-2-3-5-9(7-6-8)13-12-11-10/h2-3,6-7,10H,1H3/b7-6-. The Morgan fingerprint density at radius 1 is 1.31 bits per heavy atom. The Hall–Kier alpha value is -0.990. The SMILES string of the molecule is CC1=C=CC=C=C(SOOO)/C=C\1. The lowest BCUT2D eigenvalue weighted by Crippen LogP contribution is -1.78. The Labute approximate surface area is 80.4 Å². The summed E-state index contributed by atoms with van der Waals surface area (Å²) in [5.74, 6) is 0. The summed E-state index contributed by atoms with van der Waals surface area (Å²) in [5, 5.41) is 11.4. The predicted octanol–water partition coefficient (Wildman–Crippen LogP) is 2.77. The van der Waals surface area contributed by atoms with Gasteiger partial charge in [0.15, 0.2) is 0 Å². The molecule has 1 aliphatic carbocycles. The third-order valence-electron chi connectivity index (χ3n) is 1.26. The van der Waals surface area contributed by atoms with E-state index in [1.807, 2.05) is 13.0 Å². The number of rotatable bonds is 3. The highest BCUT2D eigenvalue weighted by Gasteiger charge is 1.94. The molecule has 1 N–H and O–H groups in total. The average Bonchev–Trinajstić information content (AvgIpc) is 2.11. The van der Waals surface area contributed by atoms with Gasteiger partial charge in [0.2, 0.25) is 0 Å². The van der Waals surface area contributed by atoms with E-state index in [9.17, 15) is 0 Å². The summed E-state index contributed by atoms with van der Waals surface area (Å²) in [7, 11) is 0. The summed E-state index contributed by atoms with van der Waals surface area (Å²) in [5.41, 5.74) is 6.90. The molecular formula is C9H8O3S. The van der Waals surface area contributed by atoms with Crippen LogP contribution in [0.25, 0.3) is 0 Å². The van der Waals surface area contributed by atoms with Gasteiger partial charge in [0.05, 0.1) is 16.9 Å². The van der Waals surface area contributed by atoms with Crippen molar-refractivity contribution >= 4 is 12.0 Å². The molecule has 0 spiro atoms. The molecule has 0 aliphatic heterocycles. The molecule has 0 atom stereocenters. The van der Waals surface area contributed by atoms with Gasteiger partial charge < -0.3 is 0 Å². The van der Waals surface area contributed by atoms with Crippen LogP contribution in [0.3, 0.4) is 0 Å². The Morgan fingerprint density at radius 3 is 2.85 bits per heavy atom. The van der Waals surface area contributed by atoms with E-state index in [-0.39, 0.29) is 0 Å². The molecule has 13 heavy (non-hydrogen) atoms. The van der Waals surface area contributed by atoms with Crippen molar-refractivity contribution in [2.75, 3.05) is 0 Å². The molecule has 4 heteroatoms. The Bertz CT molecular complexity index is 329. The highest BCUT2D eigenvalue weighted by Crippen LogP contribution is 2.18. The normalized spacial score (nSPS) is 17.4. The lowest BCUT2D eigenvalue weighted by molar-refractivity contribution is -0.431. The van der Waals surface area contributed by atoms with Gasteiger partial charge in [-0.25, -0.2) is 5.26 Å². The largest absolute Gasteiger partial charge is 0.220 e. The van der Waals surface area contributed by atoms with E-state index >= 15 is 0 Å². The van der Waals surface area contributed by atoms with Crippen molar-refractivity contribution in [2.45, 2.75) is 6.92 Å². The first kappa shape index (κ1) is 10.1. The maximum atomic E-state index is 7.93. The maximum absolute atomic E-state index is 7.93. The topological polar surface area (TPSA) is 38.7 Å². The molecule has 0 aromatic heterocycles. The van der Waals surface area contributed by atoms with Gasteiger partial charge in [-0.05, 0) is 36.8 Å². The second-order valence-corrected chi connectivity index (χ2v) is 2.97. The summed E-state index contributed by atoms with van der Waals surface area (Å²) >= 11 is 0.876. The fraction of sp³-hybridized carbons (Fsp3) is 0.111. The van der Waals surface area contributed by atoms with Crippen molar-refractivity contribution in [1.29, 1.82) is 0 Å². The van der Waals surface area contributed by atoms with Crippen LogP contribution >= 0.6 is 12.0 Å². The quantitative estimate of drug-likeness (QED) is 0.326. The molecule has 0 amide bonds. The van der Waals surface area contributed by atoms with Gasteiger partial charge in [-0.2, -0.15) is 0 Å². The first-order chi connectivity index (χ1) is 6.33. The molecule has 0 radical (unpaired) electrons. The summed E-state index contributed by atoms with van der Waals surface area (Å²) in [6.07, 6.45) is 7.10. The van der Waals surface area contributed by atoms with Gasteiger partial charge >= 0.3 is 0 Å². The van der Waals surface area contributed by atoms with E-state index in [1.165, 1.54) is 0 Å². The van der Waals surface area contributed by atoms with Gasteiger partial charge in [0, 0.05) is 0 Å². The average molecular weight is 196 g/mol. The molecule has 1 rings (SSSR count). The molecule has 1 aliphatic rings. The molecule has 0 aromatic carbocycles. The van der Waals surface area contributed by atoms with E-state index < -0.39 is 0 Å². The molecule has 0 fully saturated rings. The van der Waals surface area contributed by atoms with Crippen LogP contribution in [0, 0.1) is 0 Å². The van der Waals surface area contributed by atoms with Crippen LogP contribution in [0.4, 0.5) is 0 Å². The highest BCUT2D eigenvalue weighted by molar-refractivity contribution is 7.98. The Kier molecular flexibility index (Phi) is 4.36. The van der Waals surface area contributed by atoms with Crippen molar-refractivity contribution in [2.24, 2.45) is 0 Å². The third-order valence-corrected chi connectivity index (χ3v) is 1.82. The summed E-state index contributed by atoms with van der Waals surface area (Å²) in [6, 6.07) is 0. The third kappa shape index (κ3) is 3.97. The second kappa shape index (κ2) is 5.62. The zero-order valence-electron chi connectivity index (χ0n) is 6.98. The summed E-state index contributed by atoms with van der Waals surface area (Å²) < 4.78 is 4.26. The van der Waals surface area contributed by atoms with Gasteiger partial charge in [-0.1, -0.05) is 5.04 Å². The lowest BCUT2D eigenvalue weighted by atomic mass is 10.2. The smallest absolute Gasteiger partial charge is 0.0805 e.